The SMILES string of the molecule is CCC1NC(=O)C(C)N(c2cc(Cl)ccc2F)C1=O. The Morgan fingerprint density at radius 1 is 1.42 bits per heavy atom. The lowest BCUT2D eigenvalue weighted by molar-refractivity contribution is -0.133. The van der Waals surface area contributed by atoms with Crippen molar-refractivity contribution in [2.45, 2.75) is 32.4 Å². The summed E-state index contributed by atoms with van der Waals surface area (Å²) >= 11 is 5.83. The second-order valence-electron chi connectivity index (χ2n) is 4.45. The topological polar surface area (TPSA) is 49.4 Å². The standard InChI is InChI=1S/C13H14ClFN2O2/c1-3-10-13(19)17(7(2)12(18)16-10)11-6-8(14)4-5-9(11)15/h4-7,10H,3H2,1-2H3,(H,16,18). The number of nitrogens with one attached hydrogen (secondary N) is 1. The molecule has 1 heterocycles. The maximum atomic E-state index is 13.9. The van der Waals surface area contributed by atoms with Crippen LogP contribution in [0.25, 0.3) is 0 Å². The van der Waals surface area contributed by atoms with Gasteiger partial charge in [-0.1, -0.05) is 18.5 Å². The highest BCUT2D eigenvalue weighted by atomic mass is 35.5. The molecule has 1 aliphatic rings. The molecule has 2 unspecified atom stereocenters. The van der Waals surface area contributed by atoms with E-state index < -0.39 is 17.9 Å². The number of carbonyl (C=O) groups excluding carboxylic acids is 2. The number of amides is 2. The molecule has 0 bridgehead atoms. The largest absolute Gasteiger partial charge is 0.343 e. The van der Waals surface area contributed by atoms with Crippen LogP contribution in [0.3, 0.4) is 0 Å². The molecule has 2 amide bonds. The van der Waals surface area contributed by atoms with Crippen molar-refractivity contribution >= 4 is 29.1 Å². The maximum absolute atomic E-state index is 13.9. The van der Waals surface area contributed by atoms with Crippen LogP contribution in [0, 0.1) is 5.82 Å². The van der Waals surface area contributed by atoms with Crippen molar-refractivity contribution in [3.63, 3.8) is 0 Å². The van der Waals surface area contributed by atoms with Gasteiger partial charge in [0.1, 0.15) is 17.9 Å². The van der Waals surface area contributed by atoms with Crippen molar-refractivity contribution in [2.75, 3.05) is 4.90 Å². The van der Waals surface area contributed by atoms with Crippen LogP contribution in [0.1, 0.15) is 20.3 Å². The zero-order valence-electron chi connectivity index (χ0n) is 10.6. The lowest BCUT2D eigenvalue weighted by Crippen LogP contribution is -2.62. The molecule has 0 saturated carbocycles. The molecule has 6 heteroatoms. The summed E-state index contributed by atoms with van der Waals surface area (Å²) in [5, 5.41) is 2.93. The van der Waals surface area contributed by atoms with Crippen LogP contribution in [-0.2, 0) is 9.59 Å². The molecule has 1 N–H and O–H groups in total. The van der Waals surface area contributed by atoms with E-state index in [1.807, 2.05) is 0 Å². The fraction of sp³-hybridized carbons (Fsp3) is 0.385. The van der Waals surface area contributed by atoms with E-state index in [0.29, 0.717) is 11.4 Å². The third-order valence-electron chi connectivity index (χ3n) is 3.19. The average Bonchev–Trinajstić information content (AvgIpc) is 2.38. The molecule has 0 aromatic heterocycles. The van der Waals surface area contributed by atoms with Crippen molar-refractivity contribution in [3.8, 4) is 0 Å². The number of hydrogen-bond donors (Lipinski definition) is 1. The Kier molecular flexibility index (Phi) is 3.75. The molecule has 2 rings (SSSR count). The number of hydrogen-bond acceptors (Lipinski definition) is 2. The van der Waals surface area contributed by atoms with Gasteiger partial charge < -0.3 is 5.32 Å². The molecule has 19 heavy (non-hydrogen) atoms. The maximum Gasteiger partial charge on any atom is 0.250 e. The highest BCUT2D eigenvalue weighted by Crippen LogP contribution is 2.28. The van der Waals surface area contributed by atoms with Crippen LogP contribution in [0.2, 0.25) is 5.02 Å². The minimum Gasteiger partial charge on any atom is -0.343 e. The Bertz CT molecular complexity index is 535. The van der Waals surface area contributed by atoms with E-state index in [-0.39, 0.29) is 17.5 Å². The van der Waals surface area contributed by atoms with Gasteiger partial charge >= 0.3 is 0 Å². The average molecular weight is 285 g/mol. The predicted octanol–water partition coefficient (Wildman–Crippen LogP) is 2.11. The minimum atomic E-state index is -0.761. The van der Waals surface area contributed by atoms with Gasteiger partial charge in [0.05, 0.1) is 5.69 Å². The smallest absolute Gasteiger partial charge is 0.250 e. The molecule has 2 atom stereocenters. The highest BCUT2D eigenvalue weighted by Gasteiger charge is 2.39. The molecule has 1 saturated heterocycles. The van der Waals surface area contributed by atoms with Crippen molar-refractivity contribution in [1.29, 1.82) is 0 Å². The Morgan fingerprint density at radius 3 is 2.74 bits per heavy atom. The predicted molar refractivity (Wildman–Crippen MR) is 70.6 cm³/mol. The number of rotatable bonds is 2. The zero-order valence-corrected chi connectivity index (χ0v) is 11.4. The van der Waals surface area contributed by atoms with Gasteiger partial charge in [0.25, 0.3) is 0 Å². The summed E-state index contributed by atoms with van der Waals surface area (Å²) in [6, 6.07) is 2.56. The van der Waals surface area contributed by atoms with Crippen molar-refractivity contribution in [1.82, 2.24) is 5.32 Å². The van der Waals surface area contributed by atoms with Crippen LogP contribution in [-0.4, -0.2) is 23.9 Å². The van der Waals surface area contributed by atoms with Crippen LogP contribution in [0.5, 0.6) is 0 Å². The molecule has 0 radical (unpaired) electrons. The molecule has 102 valence electrons. The van der Waals surface area contributed by atoms with Crippen LogP contribution in [0.4, 0.5) is 10.1 Å². The third-order valence-corrected chi connectivity index (χ3v) is 3.43. The van der Waals surface area contributed by atoms with Crippen molar-refractivity contribution in [2.24, 2.45) is 0 Å². The highest BCUT2D eigenvalue weighted by molar-refractivity contribution is 6.31. The van der Waals surface area contributed by atoms with Crippen molar-refractivity contribution < 1.29 is 14.0 Å². The van der Waals surface area contributed by atoms with E-state index in [1.54, 1.807) is 13.8 Å². The molecule has 0 spiro atoms. The summed E-state index contributed by atoms with van der Waals surface area (Å²) in [4.78, 5) is 25.3. The molecule has 1 aromatic carbocycles. The van der Waals surface area contributed by atoms with E-state index in [1.165, 1.54) is 23.1 Å². The van der Waals surface area contributed by atoms with Crippen molar-refractivity contribution in [3.05, 3.63) is 29.0 Å². The summed E-state index contributed by atoms with van der Waals surface area (Å²) < 4.78 is 13.9. The third kappa shape index (κ3) is 2.42. The van der Waals surface area contributed by atoms with Gasteiger partial charge in [0, 0.05) is 5.02 Å². The first kappa shape index (κ1) is 13.8. The molecule has 1 fully saturated rings. The summed E-state index contributed by atoms with van der Waals surface area (Å²) in [5.74, 6) is -1.20. The lowest BCUT2D eigenvalue weighted by atomic mass is 10.1. The van der Waals surface area contributed by atoms with Gasteiger partial charge in [0.2, 0.25) is 11.8 Å². The summed E-state index contributed by atoms with van der Waals surface area (Å²) in [5.41, 5.74) is 0.0401. The van der Waals surface area contributed by atoms with Gasteiger partial charge in [-0.05, 0) is 31.5 Å². The Hall–Kier alpha value is -1.62. The summed E-state index contributed by atoms with van der Waals surface area (Å²) in [6.07, 6.45) is 0.454. The number of piperazine rings is 1. The first-order valence-electron chi connectivity index (χ1n) is 6.04. The number of anilines is 1. The summed E-state index contributed by atoms with van der Waals surface area (Å²) in [6.45, 7) is 3.34. The minimum absolute atomic E-state index is 0.0401. The van der Waals surface area contributed by atoms with Crippen LogP contribution >= 0.6 is 11.6 Å². The first-order valence-corrected chi connectivity index (χ1v) is 6.42. The molecular formula is C13H14ClFN2O2. The Morgan fingerprint density at radius 2 is 2.11 bits per heavy atom. The number of carbonyl (C=O) groups is 2. The second-order valence-corrected chi connectivity index (χ2v) is 4.89. The molecule has 4 nitrogen and oxygen atoms in total. The number of halogens is 2. The molecule has 0 aliphatic carbocycles. The fourth-order valence-corrected chi connectivity index (χ4v) is 2.27. The molecule has 1 aromatic rings. The van der Waals surface area contributed by atoms with Gasteiger partial charge in [-0.25, -0.2) is 4.39 Å². The first-order chi connectivity index (χ1) is 8.95. The quantitative estimate of drug-likeness (QED) is 0.904. The Labute approximate surface area is 115 Å². The van der Waals surface area contributed by atoms with Gasteiger partial charge in [-0.3, -0.25) is 14.5 Å². The van der Waals surface area contributed by atoms with Gasteiger partial charge in [0.15, 0.2) is 0 Å². The second kappa shape index (κ2) is 5.17. The normalized spacial score (nSPS) is 23.5. The zero-order chi connectivity index (χ0) is 14.2. The number of nitrogens with zero attached hydrogens (tertiary/aromatic N) is 1. The van der Waals surface area contributed by atoms with Gasteiger partial charge in [-0.15, -0.1) is 0 Å². The van der Waals surface area contributed by atoms with E-state index in [9.17, 15) is 14.0 Å². The van der Waals surface area contributed by atoms with E-state index >= 15 is 0 Å². The molecular weight excluding hydrogens is 271 g/mol. The Balaban J connectivity index is 2.47. The van der Waals surface area contributed by atoms with E-state index in [4.69, 9.17) is 11.6 Å². The summed E-state index contributed by atoms with van der Waals surface area (Å²) in [7, 11) is 0. The molecule has 1 aliphatic heterocycles. The van der Waals surface area contributed by atoms with E-state index in [2.05, 4.69) is 5.32 Å². The monoisotopic (exact) mass is 284 g/mol. The fourth-order valence-electron chi connectivity index (χ4n) is 2.10. The number of benzene rings is 1. The van der Waals surface area contributed by atoms with Crippen LogP contribution in [0.15, 0.2) is 18.2 Å². The van der Waals surface area contributed by atoms with Crippen LogP contribution < -0.4 is 10.2 Å². The van der Waals surface area contributed by atoms with E-state index in [0.717, 1.165) is 0 Å². The van der Waals surface area contributed by atoms with Gasteiger partial charge in [-0.2, -0.15) is 0 Å². The lowest BCUT2D eigenvalue weighted by Gasteiger charge is -2.37.